The number of alkyl halides is 3. The summed E-state index contributed by atoms with van der Waals surface area (Å²) in [4.78, 5) is 0. The van der Waals surface area contributed by atoms with Crippen molar-refractivity contribution in [2.45, 2.75) is 37.5 Å². The highest BCUT2D eigenvalue weighted by Gasteiger charge is 2.56. The number of nitrogens with one attached hydrogen (secondary N) is 1. The van der Waals surface area contributed by atoms with Crippen LogP contribution in [0.4, 0.5) is 13.2 Å². The Morgan fingerprint density at radius 3 is 2.36 bits per heavy atom. The molecule has 0 heterocycles. The van der Waals surface area contributed by atoms with E-state index < -0.39 is 11.7 Å². The summed E-state index contributed by atoms with van der Waals surface area (Å²) in [5.41, 5.74) is 0.0861. The molecular weight excluding hydrogens is 287 g/mol. The van der Waals surface area contributed by atoms with Crippen molar-refractivity contribution in [3.63, 3.8) is 0 Å². The molecule has 1 unspecified atom stereocenters. The zero-order chi connectivity index (χ0) is 15.6. The second-order valence-corrected chi connectivity index (χ2v) is 5.75. The average molecular weight is 305 g/mol. The quantitative estimate of drug-likeness (QED) is 0.876. The highest BCUT2D eigenvalue weighted by Crippen LogP contribution is 2.46. The third kappa shape index (κ3) is 2.63. The number of hydrogen-bond acceptors (Lipinski definition) is 1. The van der Waals surface area contributed by atoms with E-state index in [4.69, 9.17) is 0 Å². The molecule has 4 heteroatoms. The maximum Gasteiger partial charge on any atom is 0.410 e. The molecule has 1 nitrogen and oxygen atoms in total. The number of halogens is 3. The Morgan fingerprint density at radius 1 is 0.955 bits per heavy atom. The van der Waals surface area contributed by atoms with Gasteiger partial charge in [0.1, 0.15) is 5.54 Å². The predicted octanol–water partition coefficient (Wildman–Crippen LogP) is 4.57. The van der Waals surface area contributed by atoms with Gasteiger partial charge in [-0.3, -0.25) is 5.32 Å². The van der Waals surface area contributed by atoms with E-state index in [1.807, 2.05) is 36.4 Å². The second kappa shape index (κ2) is 5.76. The Morgan fingerprint density at radius 2 is 1.64 bits per heavy atom. The van der Waals surface area contributed by atoms with Crippen molar-refractivity contribution in [1.82, 2.24) is 5.32 Å². The summed E-state index contributed by atoms with van der Waals surface area (Å²) in [5.74, 6) is 0. The van der Waals surface area contributed by atoms with Crippen molar-refractivity contribution in [3.05, 3.63) is 71.3 Å². The molecule has 22 heavy (non-hydrogen) atoms. The van der Waals surface area contributed by atoms with E-state index >= 15 is 0 Å². The van der Waals surface area contributed by atoms with Gasteiger partial charge in [-0.25, -0.2) is 0 Å². The molecule has 0 saturated carbocycles. The Balaban J connectivity index is 1.97. The van der Waals surface area contributed by atoms with E-state index in [0.29, 0.717) is 18.4 Å². The summed E-state index contributed by atoms with van der Waals surface area (Å²) in [7, 11) is 0. The number of benzene rings is 2. The monoisotopic (exact) mass is 305 g/mol. The molecule has 1 aliphatic rings. The van der Waals surface area contributed by atoms with Crippen LogP contribution in [0.25, 0.3) is 0 Å². The highest BCUT2D eigenvalue weighted by molar-refractivity contribution is 5.38. The predicted molar refractivity (Wildman–Crippen MR) is 80.4 cm³/mol. The van der Waals surface area contributed by atoms with Gasteiger partial charge in [0.2, 0.25) is 0 Å². The molecule has 1 aliphatic carbocycles. The van der Waals surface area contributed by atoms with Gasteiger partial charge in [-0.05, 0) is 36.0 Å². The molecule has 2 aromatic rings. The Hall–Kier alpha value is -1.81. The van der Waals surface area contributed by atoms with Crippen LogP contribution in [0.3, 0.4) is 0 Å². The molecule has 0 saturated heterocycles. The van der Waals surface area contributed by atoms with E-state index in [1.165, 1.54) is 0 Å². The first-order chi connectivity index (χ1) is 10.5. The van der Waals surface area contributed by atoms with Crippen LogP contribution in [0.1, 0.15) is 29.5 Å². The molecule has 0 spiro atoms. The standard InChI is InChI=1S/C18H18F3N/c19-18(20,21)17(22-13-14-7-2-1-3-8-14)12-6-10-15-9-4-5-11-16(15)17/h1-5,7-9,11,22H,6,10,12-13H2. The van der Waals surface area contributed by atoms with Crippen LogP contribution in [0.2, 0.25) is 0 Å². The van der Waals surface area contributed by atoms with E-state index in [2.05, 4.69) is 5.32 Å². The van der Waals surface area contributed by atoms with Crippen LogP contribution in [0, 0.1) is 0 Å². The molecule has 0 aliphatic heterocycles. The third-order valence-electron chi connectivity index (χ3n) is 4.40. The average Bonchev–Trinajstić information content (AvgIpc) is 2.53. The first-order valence-electron chi connectivity index (χ1n) is 7.47. The van der Waals surface area contributed by atoms with Crippen molar-refractivity contribution in [1.29, 1.82) is 0 Å². The minimum absolute atomic E-state index is 0.0837. The largest absolute Gasteiger partial charge is 0.410 e. The summed E-state index contributed by atoms with van der Waals surface area (Å²) in [6, 6.07) is 16.1. The summed E-state index contributed by atoms with van der Waals surface area (Å²) in [6.45, 7) is 0.203. The Labute approximate surface area is 128 Å². The van der Waals surface area contributed by atoms with E-state index in [-0.39, 0.29) is 13.0 Å². The first kappa shape index (κ1) is 15.1. The zero-order valence-electron chi connectivity index (χ0n) is 12.2. The minimum atomic E-state index is -4.32. The second-order valence-electron chi connectivity index (χ2n) is 5.75. The lowest BCUT2D eigenvalue weighted by Gasteiger charge is -2.41. The molecule has 1 atom stereocenters. The summed E-state index contributed by atoms with van der Waals surface area (Å²) in [5, 5.41) is 2.82. The Bertz CT molecular complexity index is 636. The maximum absolute atomic E-state index is 13.9. The number of fused-ring (bicyclic) bond motifs is 1. The number of hydrogen-bond donors (Lipinski definition) is 1. The van der Waals surface area contributed by atoms with Crippen molar-refractivity contribution in [3.8, 4) is 0 Å². The number of rotatable bonds is 3. The smallest absolute Gasteiger partial charge is 0.296 e. The third-order valence-corrected chi connectivity index (χ3v) is 4.40. The lowest BCUT2D eigenvalue weighted by molar-refractivity contribution is -0.206. The molecule has 3 rings (SSSR count). The van der Waals surface area contributed by atoms with Crippen molar-refractivity contribution >= 4 is 0 Å². The topological polar surface area (TPSA) is 12.0 Å². The summed E-state index contributed by atoms with van der Waals surface area (Å²) in [6.07, 6.45) is -2.99. The molecule has 2 aromatic carbocycles. The molecule has 0 bridgehead atoms. The molecule has 0 amide bonds. The van der Waals surface area contributed by atoms with Crippen LogP contribution in [-0.4, -0.2) is 6.18 Å². The first-order valence-corrected chi connectivity index (χ1v) is 7.47. The maximum atomic E-state index is 13.9. The molecular formula is C18H18F3N. The molecule has 0 radical (unpaired) electrons. The summed E-state index contributed by atoms with van der Waals surface area (Å²) < 4.78 is 41.7. The molecule has 1 N–H and O–H groups in total. The van der Waals surface area contributed by atoms with Gasteiger partial charge < -0.3 is 0 Å². The lowest BCUT2D eigenvalue weighted by atomic mass is 9.75. The van der Waals surface area contributed by atoms with Gasteiger partial charge in [-0.1, -0.05) is 54.6 Å². The SMILES string of the molecule is FC(F)(F)C1(NCc2ccccc2)CCCc2ccccc21. The van der Waals surface area contributed by atoms with Crippen LogP contribution >= 0.6 is 0 Å². The highest BCUT2D eigenvalue weighted by atomic mass is 19.4. The van der Waals surface area contributed by atoms with E-state index in [9.17, 15) is 13.2 Å². The van der Waals surface area contributed by atoms with Gasteiger partial charge in [0.25, 0.3) is 0 Å². The fourth-order valence-corrected chi connectivity index (χ4v) is 3.26. The van der Waals surface area contributed by atoms with Crippen LogP contribution in [-0.2, 0) is 18.5 Å². The Kier molecular flexibility index (Phi) is 3.96. The van der Waals surface area contributed by atoms with Gasteiger partial charge in [0, 0.05) is 6.54 Å². The van der Waals surface area contributed by atoms with E-state index in [1.54, 1.807) is 18.2 Å². The van der Waals surface area contributed by atoms with Gasteiger partial charge >= 0.3 is 6.18 Å². The van der Waals surface area contributed by atoms with Gasteiger partial charge in [-0.15, -0.1) is 0 Å². The molecule has 0 fully saturated rings. The van der Waals surface area contributed by atoms with Gasteiger partial charge in [0.15, 0.2) is 0 Å². The molecule has 116 valence electrons. The minimum Gasteiger partial charge on any atom is -0.296 e. The number of aryl methyl sites for hydroxylation is 1. The normalized spacial score (nSPS) is 21.4. The molecule has 0 aromatic heterocycles. The fourth-order valence-electron chi connectivity index (χ4n) is 3.26. The summed E-state index contributed by atoms with van der Waals surface area (Å²) >= 11 is 0. The lowest BCUT2D eigenvalue weighted by Crippen LogP contribution is -2.55. The zero-order valence-corrected chi connectivity index (χ0v) is 12.2. The van der Waals surface area contributed by atoms with Crippen LogP contribution < -0.4 is 5.32 Å². The van der Waals surface area contributed by atoms with Crippen LogP contribution in [0.5, 0.6) is 0 Å². The van der Waals surface area contributed by atoms with Crippen molar-refractivity contribution in [2.75, 3.05) is 0 Å². The van der Waals surface area contributed by atoms with Crippen molar-refractivity contribution < 1.29 is 13.2 Å². The van der Waals surface area contributed by atoms with E-state index in [0.717, 1.165) is 11.1 Å². The fraction of sp³-hybridized carbons (Fsp3) is 0.333. The van der Waals surface area contributed by atoms with Gasteiger partial charge in [0.05, 0.1) is 0 Å². The van der Waals surface area contributed by atoms with Crippen molar-refractivity contribution in [2.24, 2.45) is 0 Å². The van der Waals surface area contributed by atoms with Gasteiger partial charge in [-0.2, -0.15) is 13.2 Å². The van der Waals surface area contributed by atoms with Crippen LogP contribution in [0.15, 0.2) is 54.6 Å².